The predicted molar refractivity (Wildman–Crippen MR) is 90.8 cm³/mol. The molecule has 122 valence electrons. The number of amides is 1. The summed E-state index contributed by atoms with van der Waals surface area (Å²) in [7, 11) is 0. The summed E-state index contributed by atoms with van der Waals surface area (Å²) in [6, 6.07) is 14.6. The Hall–Kier alpha value is -3.02. The number of oxazole rings is 1. The summed E-state index contributed by atoms with van der Waals surface area (Å²) in [6.07, 6.45) is 2.07. The summed E-state index contributed by atoms with van der Waals surface area (Å²) in [5.74, 6) is -0.544. The molecular weight excluding hydrogens is 306 g/mol. The Bertz CT molecular complexity index is 925. The van der Waals surface area contributed by atoms with Crippen LogP contribution in [-0.4, -0.2) is 16.9 Å². The number of hydrogen-bond donors (Lipinski definition) is 3. The molecule has 3 aromatic rings. The van der Waals surface area contributed by atoms with E-state index in [-0.39, 0.29) is 5.91 Å². The van der Waals surface area contributed by atoms with Gasteiger partial charge in [0.25, 0.3) is 0 Å². The third-order valence-electron chi connectivity index (χ3n) is 4.05. The molecule has 1 saturated carbocycles. The second-order valence-corrected chi connectivity index (χ2v) is 6.00. The number of nitrogens with one attached hydrogen (secondary N) is 3. The largest absolute Gasteiger partial charge is 0.417 e. The summed E-state index contributed by atoms with van der Waals surface area (Å²) >= 11 is 0. The van der Waals surface area contributed by atoms with Crippen LogP contribution >= 0.6 is 0 Å². The summed E-state index contributed by atoms with van der Waals surface area (Å²) in [5.41, 5.74) is 2.71. The first-order valence-corrected chi connectivity index (χ1v) is 7.94. The standard InChI is InChI=1S/C18H17N3O3/c22-17(20-12-6-7-12)16(11-4-2-1-3-5-11)19-13-8-9-15-14(10-13)21-18(23)24-15/h1-5,8-10,12,16,19H,6-7H2,(H,20,22)(H,21,23)/t16-/m0/s1. The van der Waals surface area contributed by atoms with Crippen molar-refractivity contribution < 1.29 is 9.21 Å². The van der Waals surface area contributed by atoms with Crippen molar-refractivity contribution in [1.29, 1.82) is 0 Å². The Labute approximate surface area is 137 Å². The van der Waals surface area contributed by atoms with Crippen molar-refractivity contribution in [1.82, 2.24) is 10.3 Å². The number of carbonyl (C=O) groups is 1. The molecule has 6 heteroatoms. The molecule has 0 radical (unpaired) electrons. The van der Waals surface area contributed by atoms with Gasteiger partial charge >= 0.3 is 5.76 Å². The molecule has 1 heterocycles. The van der Waals surface area contributed by atoms with Gasteiger partial charge in [-0.05, 0) is 36.6 Å². The summed E-state index contributed by atoms with van der Waals surface area (Å²) in [4.78, 5) is 26.5. The lowest BCUT2D eigenvalue weighted by Gasteiger charge is -2.20. The highest BCUT2D eigenvalue weighted by atomic mass is 16.4. The third-order valence-corrected chi connectivity index (χ3v) is 4.05. The number of rotatable bonds is 5. The van der Waals surface area contributed by atoms with Crippen molar-refractivity contribution >= 4 is 22.7 Å². The smallest absolute Gasteiger partial charge is 0.408 e. The quantitative estimate of drug-likeness (QED) is 0.673. The van der Waals surface area contributed by atoms with E-state index in [1.807, 2.05) is 30.3 Å². The molecule has 1 aliphatic rings. The van der Waals surface area contributed by atoms with Crippen LogP contribution in [0, 0.1) is 0 Å². The number of fused-ring (bicyclic) bond motifs is 1. The van der Waals surface area contributed by atoms with Crippen molar-refractivity contribution in [2.24, 2.45) is 0 Å². The second kappa shape index (κ2) is 5.88. The van der Waals surface area contributed by atoms with Gasteiger partial charge in [0.1, 0.15) is 6.04 Å². The molecular formula is C18H17N3O3. The number of hydrogen-bond acceptors (Lipinski definition) is 4. The van der Waals surface area contributed by atoms with E-state index < -0.39 is 11.8 Å². The first-order valence-electron chi connectivity index (χ1n) is 7.94. The zero-order valence-electron chi connectivity index (χ0n) is 12.9. The average Bonchev–Trinajstić information content (AvgIpc) is 3.31. The molecule has 4 rings (SSSR count). The highest BCUT2D eigenvalue weighted by molar-refractivity contribution is 5.87. The Morgan fingerprint density at radius 1 is 1.17 bits per heavy atom. The van der Waals surface area contributed by atoms with Crippen LogP contribution in [0.3, 0.4) is 0 Å². The fourth-order valence-electron chi connectivity index (χ4n) is 2.67. The molecule has 24 heavy (non-hydrogen) atoms. The molecule has 1 aliphatic carbocycles. The molecule has 6 nitrogen and oxygen atoms in total. The van der Waals surface area contributed by atoms with Gasteiger partial charge in [-0.25, -0.2) is 4.79 Å². The number of H-pyrrole nitrogens is 1. The SMILES string of the molecule is O=C(NC1CC1)[C@@H](Nc1ccc2oc(=O)[nH]c2c1)c1ccccc1. The number of carbonyl (C=O) groups excluding carboxylic acids is 1. The Morgan fingerprint density at radius 3 is 2.71 bits per heavy atom. The van der Waals surface area contributed by atoms with E-state index in [9.17, 15) is 9.59 Å². The fourth-order valence-corrected chi connectivity index (χ4v) is 2.67. The summed E-state index contributed by atoms with van der Waals surface area (Å²) in [6.45, 7) is 0. The van der Waals surface area contributed by atoms with E-state index in [4.69, 9.17) is 4.42 Å². The van der Waals surface area contributed by atoms with Gasteiger partial charge in [0, 0.05) is 11.7 Å². The molecule has 0 aliphatic heterocycles. The van der Waals surface area contributed by atoms with E-state index in [0.29, 0.717) is 17.1 Å². The minimum atomic E-state index is -0.497. The molecule has 1 fully saturated rings. The Balaban J connectivity index is 1.64. The number of anilines is 1. The van der Waals surface area contributed by atoms with Crippen molar-refractivity contribution in [3.05, 3.63) is 64.6 Å². The lowest BCUT2D eigenvalue weighted by molar-refractivity contribution is -0.122. The first kappa shape index (κ1) is 14.6. The van der Waals surface area contributed by atoms with Crippen LogP contribution in [0.1, 0.15) is 24.4 Å². The zero-order chi connectivity index (χ0) is 16.5. The maximum absolute atomic E-state index is 12.6. The normalized spacial score (nSPS) is 15.2. The third kappa shape index (κ3) is 3.03. The van der Waals surface area contributed by atoms with Crippen molar-refractivity contribution in [2.45, 2.75) is 24.9 Å². The van der Waals surface area contributed by atoms with Gasteiger partial charge in [-0.2, -0.15) is 0 Å². The van der Waals surface area contributed by atoms with Crippen molar-refractivity contribution in [3.63, 3.8) is 0 Å². The predicted octanol–water partition coefficient (Wildman–Crippen LogP) is 2.55. The van der Waals surface area contributed by atoms with Gasteiger partial charge in [-0.15, -0.1) is 0 Å². The van der Waals surface area contributed by atoms with Gasteiger partial charge in [0.05, 0.1) is 5.52 Å². The van der Waals surface area contributed by atoms with Crippen LogP contribution in [-0.2, 0) is 4.79 Å². The van der Waals surface area contributed by atoms with E-state index >= 15 is 0 Å². The van der Waals surface area contributed by atoms with Gasteiger partial charge in [-0.3, -0.25) is 9.78 Å². The summed E-state index contributed by atoms with van der Waals surface area (Å²) < 4.78 is 5.00. The lowest BCUT2D eigenvalue weighted by atomic mass is 10.1. The maximum atomic E-state index is 12.6. The minimum Gasteiger partial charge on any atom is -0.408 e. The molecule has 1 amide bonds. The zero-order valence-corrected chi connectivity index (χ0v) is 12.9. The van der Waals surface area contributed by atoms with Gasteiger partial charge in [-0.1, -0.05) is 30.3 Å². The molecule has 0 spiro atoms. The molecule has 1 atom stereocenters. The molecule has 0 bridgehead atoms. The monoisotopic (exact) mass is 323 g/mol. The van der Waals surface area contributed by atoms with Crippen LogP contribution in [0.25, 0.3) is 11.1 Å². The van der Waals surface area contributed by atoms with Gasteiger partial charge in [0.15, 0.2) is 5.58 Å². The second-order valence-electron chi connectivity index (χ2n) is 6.00. The number of aromatic amines is 1. The van der Waals surface area contributed by atoms with Crippen LogP contribution < -0.4 is 16.4 Å². The van der Waals surface area contributed by atoms with Crippen molar-refractivity contribution in [3.8, 4) is 0 Å². The topological polar surface area (TPSA) is 87.1 Å². The average molecular weight is 323 g/mol. The molecule has 0 unspecified atom stereocenters. The van der Waals surface area contributed by atoms with Gasteiger partial charge in [0.2, 0.25) is 5.91 Å². The minimum absolute atomic E-state index is 0.0514. The van der Waals surface area contributed by atoms with E-state index in [2.05, 4.69) is 15.6 Å². The first-order chi connectivity index (χ1) is 11.7. The molecule has 1 aromatic heterocycles. The van der Waals surface area contributed by atoms with E-state index in [1.165, 1.54) is 0 Å². The highest BCUT2D eigenvalue weighted by Crippen LogP contribution is 2.25. The molecule has 3 N–H and O–H groups in total. The lowest BCUT2D eigenvalue weighted by Crippen LogP contribution is -2.34. The molecule has 2 aromatic carbocycles. The van der Waals surface area contributed by atoms with E-state index in [1.54, 1.807) is 18.2 Å². The highest BCUT2D eigenvalue weighted by Gasteiger charge is 2.28. The van der Waals surface area contributed by atoms with Crippen LogP contribution in [0.4, 0.5) is 5.69 Å². The summed E-state index contributed by atoms with van der Waals surface area (Å²) in [5, 5.41) is 6.29. The molecule has 0 saturated heterocycles. The van der Waals surface area contributed by atoms with Crippen LogP contribution in [0.5, 0.6) is 0 Å². The van der Waals surface area contributed by atoms with Crippen LogP contribution in [0.2, 0.25) is 0 Å². The Kier molecular flexibility index (Phi) is 3.57. The maximum Gasteiger partial charge on any atom is 0.417 e. The number of aromatic nitrogens is 1. The van der Waals surface area contributed by atoms with E-state index in [0.717, 1.165) is 24.1 Å². The number of benzene rings is 2. The Morgan fingerprint density at radius 2 is 1.96 bits per heavy atom. The van der Waals surface area contributed by atoms with Crippen LogP contribution in [0.15, 0.2) is 57.7 Å². The fraction of sp³-hybridized carbons (Fsp3) is 0.222. The van der Waals surface area contributed by atoms with Gasteiger partial charge < -0.3 is 15.1 Å². The van der Waals surface area contributed by atoms with Crippen molar-refractivity contribution in [2.75, 3.05) is 5.32 Å².